The average molecular weight is 298 g/mol. The van der Waals surface area contributed by atoms with E-state index in [-0.39, 0.29) is 11.2 Å². The molecule has 0 bridgehead atoms. The van der Waals surface area contributed by atoms with Gasteiger partial charge in [0.2, 0.25) is 0 Å². The normalized spacial score (nSPS) is 35.7. The molecule has 1 N–H and O–H groups in total. The van der Waals surface area contributed by atoms with Crippen molar-refractivity contribution in [3.05, 3.63) is 29.3 Å². The highest BCUT2D eigenvalue weighted by Gasteiger charge is 2.53. The second-order valence-corrected chi connectivity index (χ2v) is 7.22. The molecule has 2 fully saturated rings. The molecule has 22 heavy (non-hydrogen) atoms. The topological polar surface area (TPSA) is 46.5 Å². The maximum absolute atomic E-state index is 12.3. The molecule has 0 spiro atoms. The number of rotatable bonds is 1. The van der Waals surface area contributed by atoms with Crippen LogP contribution in [0.3, 0.4) is 0 Å². The van der Waals surface area contributed by atoms with Gasteiger partial charge in [0.05, 0.1) is 7.11 Å². The third kappa shape index (κ3) is 1.71. The molecule has 1 aromatic rings. The summed E-state index contributed by atoms with van der Waals surface area (Å²) in [6.45, 7) is 2.17. The molecule has 0 heterocycles. The molecule has 3 unspecified atom stereocenters. The van der Waals surface area contributed by atoms with Gasteiger partial charge in [-0.2, -0.15) is 0 Å². The Bertz CT molecular complexity index is 676. The molecule has 2 saturated carbocycles. The van der Waals surface area contributed by atoms with E-state index in [1.807, 2.05) is 6.07 Å². The smallest absolute Gasteiger partial charge is 0.160 e. The number of phenolic OH excluding ortho intramolecular Hbond substituents is 1. The number of ketones is 1. The molecule has 0 aromatic heterocycles. The van der Waals surface area contributed by atoms with Crippen LogP contribution in [0.2, 0.25) is 0 Å². The third-order valence-corrected chi connectivity index (χ3v) is 6.32. The predicted octanol–water partition coefficient (Wildman–Crippen LogP) is 3.91. The number of allylic oxidation sites excluding steroid dienone is 1. The molecule has 4 atom stereocenters. The Morgan fingerprint density at radius 1 is 1.32 bits per heavy atom. The molecule has 3 heteroatoms. The first kappa shape index (κ1) is 13.9. The Labute approximate surface area is 131 Å². The molecule has 1 aromatic carbocycles. The highest BCUT2D eigenvalue weighted by atomic mass is 16.5. The van der Waals surface area contributed by atoms with Crippen molar-refractivity contribution in [3.63, 3.8) is 0 Å². The van der Waals surface area contributed by atoms with Gasteiger partial charge in [-0.3, -0.25) is 4.79 Å². The van der Waals surface area contributed by atoms with Gasteiger partial charge in [-0.15, -0.1) is 0 Å². The first-order chi connectivity index (χ1) is 10.5. The summed E-state index contributed by atoms with van der Waals surface area (Å²) in [5.74, 6) is 2.54. The number of hydrogen-bond acceptors (Lipinski definition) is 3. The predicted molar refractivity (Wildman–Crippen MR) is 85.0 cm³/mol. The maximum atomic E-state index is 12.3. The molecule has 0 amide bonds. The van der Waals surface area contributed by atoms with E-state index in [1.165, 1.54) is 5.56 Å². The summed E-state index contributed by atoms with van der Waals surface area (Å²) in [4.78, 5) is 12.3. The monoisotopic (exact) mass is 298 g/mol. The highest BCUT2D eigenvalue weighted by Crippen LogP contribution is 2.59. The van der Waals surface area contributed by atoms with E-state index in [4.69, 9.17) is 4.74 Å². The SMILES string of the molecule is COc1cc2c(cc1O)C=CC1C2CC[C@]2(C)C(=O)CCC12. The summed E-state index contributed by atoms with van der Waals surface area (Å²) in [5.41, 5.74) is 2.24. The number of hydrogen-bond donors (Lipinski definition) is 1. The zero-order valence-electron chi connectivity index (χ0n) is 13.1. The van der Waals surface area contributed by atoms with Crippen LogP contribution in [0.4, 0.5) is 0 Å². The lowest BCUT2D eigenvalue weighted by molar-refractivity contribution is -0.128. The summed E-state index contributed by atoms with van der Waals surface area (Å²) in [5, 5.41) is 9.98. The van der Waals surface area contributed by atoms with Crippen LogP contribution < -0.4 is 4.74 Å². The minimum atomic E-state index is -0.121. The van der Waals surface area contributed by atoms with E-state index in [2.05, 4.69) is 19.1 Å². The van der Waals surface area contributed by atoms with Gasteiger partial charge in [0, 0.05) is 11.8 Å². The molecule has 0 aliphatic heterocycles. The van der Waals surface area contributed by atoms with Crippen molar-refractivity contribution in [2.24, 2.45) is 17.3 Å². The third-order valence-electron chi connectivity index (χ3n) is 6.32. The van der Waals surface area contributed by atoms with Crippen LogP contribution in [-0.2, 0) is 4.79 Å². The quantitative estimate of drug-likeness (QED) is 0.855. The number of benzene rings is 1. The van der Waals surface area contributed by atoms with Crippen molar-refractivity contribution >= 4 is 11.9 Å². The Balaban J connectivity index is 1.77. The fraction of sp³-hybridized carbons (Fsp3) is 0.526. The summed E-state index contributed by atoms with van der Waals surface area (Å²) in [6, 6.07) is 3.79. The molecular weight excluding hydrogens is 276 g/mol. The fourth-order valence-electron chi connectivity index (χ4n) is 5.04. The van der Waals surface area contributed by atoms with Gasteiger partial charge < -0.3 is 9.84 Å². The van der Waals surface area contributed by atoms with E-state index in [0.29, 0.717) is 29.3 Å². The van der Waals surface area contributed by atoms with Crippen molar-refractivity contribution < 1.29 is 14.6 Å². The fourth-order valence-corrected chi connectivity index (χ4v) is 5.04. The Kier molecular flexibility index (Phi) is 2.91. The lowest BCUT2D eigenvalue weighted by Gasteiger charge is -2.46. The van der Waals surface area contributed by atoms with Gasteiger partial charge in [-0.05, 0) is 60.3 Å². The van der Waals surface area contributed by atoms with Gasteiger partial charge in [0.25, 0.3) is 0 Å². The zero-order chi connectivity index (χ0) is 15.5. The number of methoxy groups -OCH3 is 1. The first-order valence-corrected chi connectivity index (χ1v) is 8.17. The molecule has 0 radical (unpaired) electrons. The minimum absolute atomic E-state index is 0.121. The number of phenols is 1. The van der Waals surface area contributed by atoms with Crippen molar-refractivity contribution in [2.45, 2.75) is 38.5 Å². The molecule has 4 rings (SSSR count). The van der Waals surface area contributed by atoms with E-state index < -0.39 is 0 Å². The molecular formula is C19H22O3. The van der Waals surface area contributed by atoms with Crippen molar-refractivity contribution in [1.29, 1.82) is 0 Å². The molecule has 3 aliphatic rings. The molecule has 3 nitrogen and oxygen atoms in total. The van der Waals surface area contributed by atoms with E-state index in [0.717, 1.165) is 31.2 Å². The lowest BCUT2D eigenvalue weighted by atomic mass is 9.57. The van der Waals surface area contributed by atoms with Crippen LogP contribution >= 0.6 is 0 Å². The maximum Gasteiger partial charge on any atom is 0.160 e. The van der Waals surface area contributed by atoms with Crippen LogP contribution in [-0.4, -0.2) is 18.0 Å². The van der Waals surface area contributed by atoms with E-state index >= 15 is 0 Å². The molecule has 116 valence electrons. The van der Waals surface area contributed by atoms with Crippen LogP contribution in [0, 0.1) is 17.3 Å². The van der Waals surface area contributed by atoms with Crippen LogP contribution in [0.15, 0.2) is 18.2 Å². The first-order valence-electron chi connectivity index (χ1n) is 8.17. The van der Waals surface area contributed by atoms with Gasteiger partial charge in [-0.1, -0.05) is 19.1 Å². The number of carbonyl (C=O) groups excluding carboxylic acids is 1. The summed E-state index contributed by atoms with van der Waals surface area (Å²) in [6.07, 6.45) is 8.17. The number of Topliss-reactive ketones (excluding diaryl/α,β-unsaturated/α-hetero) is 1. The van der Waals surface area contributed by atoms with Crippen molar-refractivity contribution in [2.75, 3.05) is 7.11 Å². The molecule has 3 aliphatic carbocycles. The number of fused-ring (bicyclic) bond motifs is 5. The van der Waals surface area contributed by atoms with Crippen LogP contribution in [0.25, 0.3) is 6.08 Å². The molecule has 0 saturated heterocycles. The second kappa shape index (κ2) is 4.61. The largest absolute Gasteiger partial charge is 0.504 e. The van der Waals surface area contributed by atoms with Crippen LogP contribution in [0.1, 0.15) is 49.7 Å². The highest BCUT2D eigenvalue weighted by molar-refractivity contribution is 5.87. The number of aromatic hydroxyl groups is 1. The van der Waals surface area contributed by atoms with E-state index in [1.54, 1.807) is 13.2 Å². The van der Waals surface area contributed by atoms with Gasteiger partial charge in [0.1, 0.15) is 5.78 Å². The number of ether oxygens (including phenoxy) is 1. The standard InChI is InChI=1S/C19H22O3/c1-19-8-7-12-13(15(19)5-6-18(19)21)4-3-11-9-16(20)17(22-2)10-14(11)12/h3-4,9-10,12-13,15,20H,5-8H2,1-2H3/t12?,13?,15?,19-/m0/s1. The summed E-state index contributed by atoms with van der Waals surface area (Å²) >= 11 is 0. The summed E-state index contributed by atoms with van der Waals surface area (Å²) in [7, 11) is 1.59. The van der Waals surface area contributed by atoms with Crippen molar-refractivity contribution in [1.82, 2.24) is 0 Å². The summed E-state index contributed by atoms with van der Waals surface area (Å²) < 4.78 is 5.29. The average Bonchev–Trinajstić information content (AvgIpc) is 2.82. The van der Waals surface area contributed by atoms with Gasteiger partial charge in [0.15, 0.2) is 11.5 Å². The second-order valence-electron chi connectivity index (χ2n) is 7.22. The Morgan fingerprint density at radius 2 is 2.14 bits per heavy atom. The lowest BCUT2D eigenvalue weighted by Crippen LogP contribution is -2.40. The number of carbonyl (C=O) groups is 1. The van der Waals surface area contributed by atoms with Gasteiger partial charge >= 0.3 is 0 Å². The van der Waals surface area contributed by atoms with Crippen LogP contribution in [0.5, 0.6) is 11.5 Å². The van der Waals surface area contributed by atoms with E-state index in [9.17, 15) is 9.90 Å². The van der Waals surface area contributed by atoms with Crippen molar-refractivity contribution in [3.8, 4) is 11.5 Å². The van der Waals surface area contributed by atoms with Gasteiger partial charge in [-0.25, -0.2) is 0 Å². The minimum Gasteiger partial charge on any atom is -0.504 e. The Hall–Kier alpha value is -1.77. The Morgan fingerprint density at radius 3 is 2.91 bits per heavy atom. The zero-order valence-corrected chi connectivity index (χ0v) is 13.1.